The molecule has 22 heavy (non-hydrogen) atoms. The van der Waals surface area contributed by atoms with Gasteiger partial charge in [0.1, 0.15) is 0 Å². The van der Waals surface area contributed by atoms with E-state index in [9.17, 15) is 0 Å². The van der Waals surface area contributed by atoms with Crippen LogP contribution in [-0.4, -0.2) is 18.8 Å². The fourth-order valence-corrected chi connectivity index (χ4v) is 5.31. The van der Waals surface area contributed by atoms with Gasteiger partial charge in [0.25, 0.3) is 0 Å². The van der Waals surface area contributed by atoms with Crippen LogP contribution in [0.2, 0.25) is 6.32 Å². The zero-order chi connectivity index (χ0) is 15.5. The van der Waals surface area contributed by atoms with Gasteiger partial charge in [-0.2, -0.15) is 0 Å². The zero-order valence-electron chi connectivity index (χ0n) is 13.6. The van der Waals surface area contributed by atoms with Gasteiger partial charge in [0.05, 0.1) is 17.1 Å². The minimum atomic E-state index is -0.173. The predicted octanol–water partition coefficient (Wildman–Crippen LogP) is 4.69. The molecule has 118 valence electrons. The molecule has 3 aliphatic carbocycles. The molecule has 0 radical (unpaired) electrons. The molecule has 0 N–H and O–H groups in total. The highest BCUT2D eigenvalue weighted by Crippen LogP contribution is 2.65. The van der Waals surface area contributed by atoms with E-state index in [1.54, 1.807) is 0 Å². The smallest absolute Gasteiger partial charge is 0.405 e. The van der Waals surface area contributed by atoms with Crippen LogP contribution in [0, 0.1) is 17.3 Å². The third-order valence-electron chi connectivity index (χ3n) is 6.56. The lowest BCUT2D eigenvalue weighted by Crippen LogP contribution is -2.65. The van der Waals surface area contributed by atoms with Crippen molar-refractivity contribution >= 4 is 18.7 Å². The maximum atomic E-state index is 6.57. The normalized spacial score (nSPS) is 40.0. The molecule has 0 aromatic heterocycles. The van der Waals surface area contributed by atoms with Crippen molar-refractivity contribution in [2.75, 3.05) is 0 Å². The number of benzene rings is 1. The summed E-state index contributed by atoms with van der Waals surface area (Å²) in [6.07, 6.45) is 3.39. The minimum absolute atomic E-state index is 0.0574. The Balaban J connectivity index is 1.47. The van der Waals surface area contributed by atoms with Crippen LogP contribution < -0.4 is 0 Å². The fourth-order valence-electron chi connectivity index (χ4n) is 5.02. The maximum Gasteiger partial charge on any atom is 0.459 e. The Hall–Kier alpha value is -0.505. The molecular formula is C18H24BClO2. The molecule has 5 atom stereocenters. The van der Waals surface area contributed by atoms with Gasteiger partial charge in [-0.1, -0.05) is 44.2 Å². The van der Waals surface area contributed by atoms with E-state index in [2.05, 4.69) is 32.9 Å². The van der Waals surface area contributed by atoms with Gasteiger partial charge in [-0.05, 0) is 42.6 Å². The molecule has 4 fully saturated rings. The first-order valence-electron chi connectivity index (χ1n) is 8.43. The summed E-state index contributed by atoms with van der Waals surface area (Å²) in [5.41, 5.74) is 1.40. The number of rotatable bonds is 3. The molecule has 0 amide bonds. The largest absolute Gasteiger partial charge is 0.459 e. The van der Waals surface area contributed by atoms with Gasteiger partial charge in [-0.25, -0.2) is 0 Å². The molecule has 4 unspecified atom stereocenters. The van der Waals surface area contributed by atoms with Crippen molar-refractivity contribution < 1.29 is 9.31 Å². The molecule has 2 bridgehead atoms. The molecule has 1 aromatic rings. The predicted molar refractivity (Wildman–Crippen MR) is 90.0 cm³/mol. The summed E-state index contributed by atoms with van der Waals surface area (Å²) in [6, 6.07) is 10.2. The van der Waals surface area contributed by atoms with Gasteiger partial charge < -0.3 is 9.31 Å². The Morgan fingerprint density at radius 1 is 1.23 bits per heavy atom. The van der Waals surface area contributed by atoms with Gasteiger partial charge in [0.15, 0.2) is 0 Å². The first kappa shape index (κ1) is 15.0. The van der Waals surface area contributed by atoms with Crippen molar-refractivity contribution in [3.8, 4) is 0 Å². The van der Waals surface area contributed by atoms with Crippen LogP contribution in [0.15, 0.2) is 30.3 Å². The lowest BCUT2D eigenvalue weighted by Gasteiger charge is -2.64. The quantitative estimate of drug-likeness (QED) is 0.594. The van der Waals surface area contributed by atoms with Crippen molar-refractivity contribution in [3.63, 3.8) is 0 Å². The molecule has 1 aliphatic heterocycles. The van der Waals surface area contributed by atoms with E-state index in [1.807, 2.05) is 18.2 Å². The molecule has 1 heterocycles. The topological polar surface area (TPSA) is 18.5 Å². The average Bonchev–Trinajstić information content (AvgIpc) is 2.83. The third kappa shape index (κ3) is 2.09. The van der Waals surface area contributed by atoms with E-state index in [4.69, 9.17) is 20.9 Å². The van der Waals surface area contributed by atoms with Crippen LogP contribution in [-0.2, 0) is 9.31 Å². The van der Waals surface area contributed by atoms with Gasteiger partial charge in [-0.3, -0.25) is 0 Å². The van der Waals surface area contributed by atoms with Crippen LogP contribution in [0.4, 0.5) is 0 Å². The van der Waals surface area contributed by atoms with Gasteiger partial charge in [-0.15, -0.1) is 11.6 Å². The molecule has 0 spiro atoms. The third-order valence-corrected chi connectivity index (χ3v) is 6.99. The molecule has 1 aromatic carbocycles. The number of hydrogen-bond acceptors (Lipinski definition) is 2. The van der Waals surface area contributed by atoms with Crippen molar-refractivity contribution in [3.05, 3.63) is 35.9 Å². The molecule has 1 saturated heterocycles. The molecule has 4 aliphatic rings. The summed E-state index contributed by atoms with van der Waals surface area (Å²) in [5, 5.41) is -0.0574. The van der Waals surface area contributed by atoms with Crippen LogP contribution in [0.1, 0.15) is 44.6 Å². The molecule has 2 nitrogen and oxygen atoms in total. The van der Waals surface area contributed by atoms with Crippen molar-refractivity contribution in [1.29, 1.82) is 0 Å². The van der Waals surface area contributed by atoms with Gasteiger partial charge in [0, 0.05) is 6.32 Å². The molecular weight excluding hydrogens is 294 g/mol. The summed E-state index contributed by atoms with van der Waals surface area (Å²) in [7, 11) is -0.173. The van der Waals surface area contributed by atoms with E-state index in [1.165, 1.54) is 6.42 Å². The Labute approximate surface area is 138 Å². The first-order chi connectivity index (χ1) is 10.4. The van der Waals surface area contributed by atoms with Crippen LogP contribution in [0.25, 0.3) is 0 Å². The summed E-state index contributed by atoms with van der Waals surface area (Å²) in [4.78, 5) is 0. The Bertz CT molecular complexity index is 563. The maximum absolute atomic E-state index is 6.57. The van der Waals surface area contributed by atoms with E-state index in [0.29, 0.717) is 11.3 Å². The zero-order valence-corrected chi connectivity index (χ0v) is 14.3. The van der Waals surface area contributed by atoms with Gasteiger partial charge in [0.2, 0.25) is 0 Å². The second-order valence-electron chi connectivity index (χ2n) is 8.01. The lowest BCUT2D eigenvalue weighted by molar-refractivity contribution is -0.199. The molecule has 4 heteroatoms. The first-order valence-corrected chi connectivity index (χ1v) is 8.87. The fraction of sp³-hybridized carbons (Fsp3) is 0.667. The lowest BCUT2D eigenvalue weighted by atomic mass is 9.43. The van der Waals surface area contributed by atoms with Crippen molar-refractivity contribution in [2.24, 2.45) is 17.3 Å². The number of alkyl halides is 1. The standard InChI is InChI=1S/C18H24BClO2/c1-17(2)13-9-15(17)18(3)16(10-13)21-19(22-18)11-14(20)12-7-5-4-6-8-12/h4-8,13-16H,9-11H2,1-3H3/t13?,14?,15?,16?,18-/m0/s1. The van der Waals surface area contributed by atoms with Crippen molar-refractivity contribution in [2.45, 2.75) is 57.0 Å². The monoisotopic (exact) mass is 318 g/mol. The van der Waals surface area contributed by atoms with E-state index in [-0.39, 0.29) is 24.2 Å². The highest BCUT2D eigenvalue weighted by Gasteiger charge is 2.67. The summed E-state index contributed by atoms with van der Waals surface area (Å²) in [6.45, 7) is 7.03. The summed E-state index contributed by atoms with van der Waals surface area (Å²) >= 11 is 6.57. The number of halogens is 1. The Morgan fingerprint density at radius 2 is 1.95 bits per heavy atom. The summed E-state index contributed by atoms with van der Waals surface area (Å²) in [5.74, 6) is 1.40. The average molecular weight is 319 g/mol. The second kappa shape index (κ2) is 4.99. The van der Waals surface area contributed by atoms with Crippen LogP contribution >= 0.6 is 11.6 Å². The highest BCUT2D eigenvalue weighted by molar-refractivity contribution is 6.47. The number of hydrogen-bond donors (Lipinski definition) is 0. The molecule has 3 saturated carbocycles. The van der Waals surface area contributed by atoms with E-state index in [0.717, 1.165) is 24.2 Å². The summed E-state index contributed by atoms with van der Waals surface area (Å²) < 4.78 is 12.7. The second-order valence-corrected chi connectivity index (χ2v) is 8.54. The Kier molecular flexibility index (Phi) is 3.42. The minimum Gasteiger partial charge on any atom is -0.405 e. The highest BCUT2D eigenvalue weighted by atomic mass is 35.5. The van der Waals surface area contributed by atoms with E-state index < -0.39 is 0 Å². The van der Waals surface area contributed by atoms with Crippen molar-refractivity contribution in [1.82, 2.24) is 0 Å². The van der Waals surface area contributed by atoms with Gasteiger partial charge >= 0.3 is 7.12 Å². The van der Waals surface area contributed by atoms with E-state index >= 15 is 0 Å². The SMILES string of the molecule is CC1(C)C2CC3OB(CC(Cl)c4ccccc4)O[C@@]3(C)C1C2. The van der Waals surface area contributed by atoms with Crippen LogP contribution in [0.5, 0.6) is 0 Å². The van der Waals surface area contributed by atoms with Crippen LogP contribution in [0.3, 0.4) is 0 Å². The molecule has 5 rings (SSSR count). The Morgan fingerprint density at radius 3 is 2.64 bits per heavy atom.